The number of benzene rings is 1. The molecule has 3 nitrogen and oxygen atoms in total. The molecule has 1 N–H and O–H groups in total. The third kappa shape index (κ3) is 2.34. The minimum Gasteiger partial charge on any atom is -0.322 e. The molecule has 0 spiro atoms. The largest absolute Gasteiger partial charge is 0.322 e. The minimum absolute atomic E-state index is 0.370. The number of amides is 1. The van der Waals surface area contributed by atoms with Gasteiger partial charge in [-0.1, -0.05) is 18.2 Å². The fourth-order valence-corrected chi connectivity index (χ4v) is 1.50. The highest BCUT2D eigenvalue weighted by molar-refractivity contribution is 6.04. The molecule has 1 amide bonds. The van der Waals surface area contributed by atoms with E-state index in [2.05, 4.69) is 10.3 Å². The number of halogens is 2. The lowest BCUT2D eigenvalue weighted by Crippen LogP contribution is -2.15. The van der Waals surface area contributed by atoms with Crippen molar-refractivity contribution in [1.29, 1.82) is 0 Å². The number of aryl methyl sites for hydroxylation is 1. The first kappa shape index (κ1) is 12.2. The van der Waals surface area contributed by atoms with E-state index >= 15 is 0 Å². The molecular formula is C13H10F2N2O. The molecular weight excluding hydrogens is 238 g/mol. The van der Waals surface area contributed by atoms with Gasteiger partial charge in [-0.2, -0.15) is 4.39 Å². The van der Waals surface area contributed by atoms with Crippen LogP contribution in [0, 0.1) is 18.7 Å². The molecule has 0 aliphatic heterocycles. The first-order valence-electron chi connectivity index (χ1n) is 5.26. The Morgan fingerprint density at radius 1 is 1.22 bits per heavy atom. The van der Waals surface area contributed by atoms with Crippen LogP contribution in [0.1, 0.15) is 15.9 Å². The van der Waals surface area contributed by atoms with Crippen LogP contribution in [0.2, 0.25) is 0 Å². The minimum atomic E-state index is -1.28. The highest BCUT2D eigenvalue weighted by Crippen LogP contribution is 2.16. The summed E-state index contributed by atoms with van der Waals surface area (Å²) in [6.07, 6.45) is 1.05. The van der Waals surface area contributed by atoms with Crippen LogP contribution < -0.4 is 5.32 Å². The number of carbonyl (C=O) groups excluding carboxylic acids is 1. The Morgan fingerprint density at radius 2 is 1.94 bits per heavy atom. The lowest BCUT2D eigenvalue weighted by atomic mass is 10.2. The second-order valence-corrected chi connectivity index (χ2v) is 3.73. The molecule has 5 heteroatoms. The number of rotatable bonds is 2. The summed E-state index contributed by atoms with van der Waals surface area (Å²) in [7, 11) is 0. The maximum atomic E-state index is 13.4. The molecule has 2 aromatic rings. The molecule has 0 radical (unpaired) electrons. The van der Waals surface area contributed by atoms with Crippen LogP contribution in [-0.4, -0.2) is 10.9 Å². The Bertz CT molecular complexity index is 599. The van der Waals surface area contributed by atoms with Crippen LogP contribution >= 0.6 is 0 Å². The normalized spacial score (nSPS) is 10.2. The van der Waals surface area contributed by atoms with Crippen molar-refractivity contribution >= 4 is 11.6 Å². The van der Waals surface area contributed by atoms with Gasteiger partial charge in [0, 0.05) is 11.9 Å². The van der Waals surface area contributed by atoms with Gasteiger partial charge in [0.15, 0.2) is 5.82 Å². The van der Waals surface area contributed by atoms with Crippen molar-refractivity contribution in [2.24, 2.45) is 0 Å². The summed E-state index contributed by atoms with van der Waals surface area (Å²) in [5.74, 6) is -3.24. The van der Waals surface area contributed by atoms with Crippen molar-refractivity contribution in [3.05, 3.63) is 59.4 Å². The van der Waals surface area contributed by atoms with E-state index in [-0.39, 0.29) is 5.56 Å². The average Bonchev–Trinajstić information content (AvgIpc) is 2.35. The van der Waals surface area contributed by atoms with Crippen molar-refractivity contribution in [3.63, 3.8) is 0 Å². The van der Waals surface area contributed by atoms with Crippen LogP contribution in [0.4, 0.5) is 14.5 Å². The van der Waals surface area contributed by atoms with Gasteiger partial charge in [-0.3, -0.25) is 4.79 Å². The zero-order valence-corrected chi connectivity index (χ0v) is 9.58. The summed E-state index contributed by atoms with van der Waals surface area (Å²) in [6.45, 7) is 1.80. The fraction of sp³-hybridized carbons (Fsp3) is 0.0769. The number of hydrogen-bond acceptors (Lipinski definition) is 2. The Hall–Kier alpha value is -2.30. The van der Waals surface area contributed by atoms with Gasteiger partial charge >= 0.3 is 0 Å². The first-order chi connectivity index (χ1) is 8.59. The number of nitrogens with zero attached hydrogens (tertiary/aromatic N) is 1. The molecule has 0 atom stereocenters. The zero-order valence-electron chi connectivity index (χ0n) is 9.58. The predicted molar refractivity (Wildman–Crippen MR) is 63.3 cm³/mol. The Labute approximate surface area is 102 Å². The smallest absolute Gasteiger partial charge is 0.258 e. The molecule has 0 aliphatic carbocycles. The molecule has 0 bridgehead atoms. The quantitative estimate of drug-likeness (QED) is 0.830. The molecule has 1 aromatic carbocycles. The van der Waals surface area contributed by atoms with Crippen LogP contribution in [0.15, 0.2) is 36.5 Å². The molecule has 1 heterocycles. The van der Waals surface area contributed by atoms with Gasteiger partial charge in [-0.15, -0.1) is 0 Å². The summed E-state index contributed by atoms with van der Waals surface area (Å²) in [6, 6.07) is 8.18. The molecule has 0 saturated carbocycles. The Morgan fingerprint density at radius 3 is 2.67 bits per heavy atom. The van der Waals surface area contributed by atoms with Gasteiger partial charge in [0.2, 0.25) is 5.95 Å². The number of aromatic nitrogens is 1. The summed E-state index contributed by atoms with van der Waals surface area (Å²) in [5, 5.41) is 2.52. The number of nitrogens with one attached hydrogen (secondary N) is 1. The number of pyridine rings is 1. The van der Waals surface area contributed by atoms with Crippen molar-refractivity contribution in [3.8, 4) is 0 Å². The van der Waals surface area contributed by atoms with Crippen molar-refractivity contribution in [1.82, 2.24) is 4.98 Å². The van der Waals surface area contributed by atoms with Gasteiger partial charge in [-0.05, 0) is 24.6 Å². The number of hydrogen-bond donors (Lipinski definition) is 1. The number of carbonyl (C=O) groups is 1. The monoisotopic (exact) mass is 248 g/mol. The SMILES string of the molecule is Cc1ccccc1NC(=O)c1ccnc(F)c1F. The second-order valence-electron chi connectivity index (χ2n) is 3.73. The maximum absolute atomic E-state index is 13.4. The summed E-state index contributed by atoms with van der Waals surface area (Å²) < 4.78 is 26.2. The van der Waals surface area contributed by atoms with Gasteiger partial charge in [0.25, 0.3) is 5.91 Å². The summed E-state index contributed by atoms with van der Waals surface area (Å²) in [4.78, 5) is 14.9. The van der Waals surface area contributed by atoms with Gasteiger partial charge in [0.05, 0.1) is 5.56 Å². The molecule has 0 saturated heterocycles. The van der Waals surface area contributed by atoms with Crippen molar-refractivity contribution in [2.75, 3.05) is 5.32 Å². The highest BCUT2D eigenvalue weighted by Gasteiger charge is 2.16. The predicted octanol–water partition coefficient (Wildman–Crippen LogP) is 2.92. The van der Waals surface area contributed by atoms with E-state index in [0.717, 1.165) is 17.8 Å². The molecule has 92 valence electrons. The number of para-hydroxylation sites is 1. The molecule has 18 heavy (non-hydrogen) atoms. The molecule has 0 fully saturated rings. The van der Waals surface area contributed by atoms with E-state index in [4.69, 9.17) is 0 Å². The van der Waals surface area contributed by atoms with E-state index in [1.165, 1.54) is 0 Å². The van der Waals surface area contributed by atoms with Gasteiger partial charge in [0.1, 0.15) is 0 Å². The summed E-state index contributed by atoms with van der Waals surface area (Å²) >= 11 is 0. The zero-order chi connectivity index (χ0) is 13.1. The Kier molecular flexibility index (Phi) is 3.32. The van der Waals surface area contributed by atoms with E-state index in [1.807, 2.05) is 6.07 Å². The lowest BCUT2D eigenvalue weighted by molar-refractivity contribution is 0.102. The van der Waals surface area contributed by atoms with E-state index in [9.17, 15) is 13.6 Å². The van der Waals surface area contributed by atoms with E-state index < -0.39 is 17.7 Å². The van der Waals surface area contributed by atoms with Crippen LogP contribution in [0.3, 0.4) is 0 Å². The fourth-order valence-electron chi connectivity index (χ4n) is 1.50. The lowest BCUT2D eigenvalue weighted by Gasteiger charge is -2.08. The van der Waals surface area contributed by atoms with E-state index in [0.29, 0.717) is 5.69 Å². The van der Waals surface area contributed by atoms with Crippen LogP contribution in [0.5, 0.6) is 0 Å². The molecule has 2 rings (SSSR count). The number of anilines is 1. The van der Waals surface area contributed by atoms with E-state index in [1.54, 1.807) is 25.1 Å². The van der Waals surface area contributed by atoms with Crippen molar-refractivity contribution < 1.29 is 13.6 Å². The Balaban J connectivity index is 2.28. The average molecular weight is 248 g/mol. The van der Waals surface area contributed by atoms with Crippen molar-refractivity contribution in [2.45, 2.75) is 6.92 Å². The molecule has 0 unspecified atom stereocenters. The van der Waals surface area contributed by atoms with Crippen LogP contribution in [0.25, 0.3) is 0 Å². The van der Waals surface area contributed by atoms with Gasteiger partial charge in [-0.25, -0.2) is 9.37 Å². The van der Waals surface area contributed by atoms with Crippen LogP contribution in [-0.2, 0) is 0 Å². The topological polar surface area (TPSA) is 42.0 Å². The third-order valence-corrected chi connectivity index (χ3v) is 2.48. The molecule has 1 aromatic heterocycles. The highest BCUT2D eigenvalue weighted by atomic mass is 19.2. The summed E-state index contributed by atoms with van der Waals surface area (Å²) in [5.41, 5.74) is 1.02. The first-order valence-corrected chi connectivity index (χ1v) is 5.26. The standard InChI is InChI=1S/C13H10F2N2O/c1-8-4-2-3-5-10(8)17-13(18)9-6-7-16-12(15)11(9)14/h2-7H,1H3,(H,17,18). The molecule has 0 aliphatic rings. The maximum Gasteiger partial charge on any atom is 0.258 e. The second kappa shape index (κ2) is 4.91. The van der Waals surface area contributed by atoms with Gasteiger partial charge < -0.3 is 5.32 Å². The third-order valence-electron chi connectivity index (χ3n) is 2.48.